The van der Waals surface area contributed by atoms with E-state index in [1.165, 1.54) is 5.56 Å². The number of aryl methyl sites for hydroxylation is 1. The second-order valence-corrected chi connectivity index (χ2v) is 4.66. The average molecular weight is 250 g/mol. The molecule has 0 unspecified atom stereocenters. The van der Waals surface area contributed by atoms with Crippen molar-refractivity contribution < 1.29 is 0 Å². The Morgan fingerprint density at radius 1 is 1.29 bits per heavy atom. The minimum absolute atomic E-state index is 0.419. The number of benzene rings is 1. The summed E-state index contributed by atoms with van der Waals surface area (Å²) in [4.78, 5) is 0. The molecule has 1 heterocycles. The van der Waals surface area contributed by atoms with E-state index in [1.54, 1.807) is 0 Å². The molecular formula is C13H16ClN3. The van der Waals surface area contributed by atoms with Gasteiger partial charge in [0.1, 0.15) is 5.82 Å². The minimum Gasteiger partial charge on any atom is -0.270 e. The summed E-state index contributed by atoms with van der Waals surface area (Å²) in [5.41, 5.74) is 2.32. The molecular weight excluding hydrogens is 234 g/mol. The molecule has 0 spiro atoms. The van der Waals surface area contributed by atoms with Crippen LogP contribution in [-0.4, -0.2) is 14.8 Å². The smallest absolute Gasteiger partial charge is 0.229 e. The third-order valence-electron chi connectivity index (χ3n) is 2.80. The van der Waals surface area contributed by atoms with Gasteiger partial charge in [0.2, 0.25) is 5.28 Å². The molecule has 0 radical (unpaired) electrons. The van der Waals surface area contributed by atoms with Crippen molar-refractivity contribution in [1.82, 2.24) is 14.8 Å². The summed E-state index contributed by atoms with van der Waals surface area (Å²) in [7, 11) is 0. The van der Waals surface area contributed by atoms with Crippen LogP contribution in [0, 0.1) is 0 Å². The van der Waals surface area contributed by atoms with Gasteiger partial charge in [-0.25, -0.2) is 0 Å². The molecule has 0 saturated carbocycles. The number of rotatable bonds is 3. The van der Waals surface area contributed by atoms with Crippen molar-refractivity contribution in [3.8, 4) is 5.69 Å². The highest BCUT2D eigenvalue weighted by atomic mass is 35.5. The zero-order valence-corrected chi connectivity index (χ0v) is 11.1. The maximum Gasteiger partial charge on any atom is 0.229 e. The fraction of sp³-hybridized carbons (Fsp3) is 0.385. The van der Waals surface area contributed by atoms with Crippen LogP contribution < -0.4 is 0 Å². The van der Waals surface area contributed by atoms with Crippen molar-refractivity contribution in [2.24, 2.45) is 0 Å². The molecule has 1 aromatic carbocycles. The molecule has 17 heavy (non-hydrogen) atoms. The molecule has 3 nitrogen and oxygen atoms in total. The summed E-state index contributed by atoms with van der Waals surface area (Å²) in [6, 6.07) is 8.33. The lowest BCUT2D eigenvalue weighted by atomic mass is 10.0. The predicted molar refractivity (Wildman–Crippen MR) is 69.8 cm³/mol. The van der Waals surface area contributed by atoms with Crippen molar-refractivity contribution >= 4 is 11.6 Å². The first-order valence-electron chi connectivity index (χ1n) is 5.83. The molecule has 0 bridgehead atoms. The average Bonchev–Trinajstić information content (AvgIpc) is 2.70. The Bertz CT molecular complexity index is 517. The summed E-state index contributed by atoms with van der Waals surface area (Å²) in [5, 5.41) is 8.40. The quantitative estimate of drug-likeness (QED) is 0.832. The Morgan fingerprint density at radius 2 is 2.06 bits per heavy atom. The Kier molecular flexibility index (Phi) is 3.48. The molecule has 0 N–H and O–H groups in total. The van der Waals surface area contributed by atoms with E-state index in [0.717, 1.165) is 17.9 Å². The highest BCUT2D eigenvalue weighted by Gasteiger charge is 2.11. The first kappa shape index (κ1) is 12.1. The SMILES string of the molecule is CCc1nnc(Cl)n1-c1cccc(C(C)C)c1. The standard InChI is InChI=1S/C13H16ClN3/c1-4-12-15-16-13(14)17(12)11-7-5-6-10(8-11)9(2)3/h5-9H,4H2,1-3H3. The zero-order valence-electron chi connectivity index (χ0n) is 10.3. The fourth-order valence-corrected chi connectivity index (χ4v) is 2.04. The van der Waals surface area contributed by atoms with Crippen LogP contribution in [-0.2, 0) is 6.42 Å². The van der Waals surface area contributed by atoms with Crippen molar-refractivity contribution in [1.29, 1.82) is 0 Å². The monoisotopic (exact) mass is 249 g/mol. The summed E-state index contributed by atoms with van der Waals surface area (Å²) < 4.78 is 1.90. The number of hydrogen-bond acceptors (Lipinski definition) is 2. The Morgan fingerprint density at radius 3 is 2.71 bits per heavy atom. The largest absolute Gasteiger partial charge is 0.270 e. The van der Waals surface area contributed by atoms with Gasteiger partial charge in [0.25, 0.3) is 0 Å². The van der Waals surface area contributed by atoms with Gasteiger partial charge in [0, 0.05) is 6.42 Å². The molecule has 0 aliphatic rings. The second kappa shape index (κ2) is 4.88. The summed E-state index contributed by atoms with van der Waals surface area (Å²) in [6.07, 6.45) is 0.811. The highest BCUT2D eigenvalue weighted by Crippen LogP contribution is 2.21. The van der Waals surface area contributed by atoms with Gasteiger partial charge in [-0.2, -0.15) is 0 Å². The van der Waals surface area contributed by atoms with Gasteiger partial charge >= 0.3 is 0 Å². The molecule has 0 aliphatic carbocycles. The lowest BCUT2D eigenvalue weighted by Crippen LogP contribution is -2.01. The number of nitrogens with zero attached hydrogens (tertiary/aromatic N) is 3. The van der Waals surface area contributed by atoms with Crippen LogP contribution in [0.1, 0.15) is 38.1 Å². The third kappa shape index (κ3) is 2.34. The van der Waals surface area contributed by atoms with Crippen LogP contribution in [0.3, 0.4) is 0 Å². The lowest BCUT2D eigenvalue weighted by Gasteiger charge is -2.10. The topological polar surface area (TPSA) is 30.7 Å². The molecule has 0 saturated heterocycles. The normalized spacial score (nSPS) is 11.1. The predicted octanol–water partition coefficient (Wildman–Crippen LogP) is 3.61. The zero-order chi connectivity index (χ0) is 12.4. The molecule has 1 aromatic heterocycles. The van der Waals surface area contributed by atoms with Crippen molar-refractivity contribution in [3.05, 3.63) is 40.9 Å². The Balaban J connectivity index is 2.52. The van der Waals surface area contributed by atoms with Gasteiger partial charge in [-0.15, -0.1) is 10.2 Å². The van der Waals surface area contributed by atoms with Gasteiger partial charge in [0.15, 0.2) is 0 Å². The van der Waals surface area contributed by atoms with Crippen molar-refractivity contribution in [2.45, 2.75) is 33.1 Å². The summed E-state index contributed by atoms with van der Waals surface area (Å²) in [6.45, 7) is 6.39. The number of aromatic nitrogens is 3. The molecule has 4 heteroatoms. The fourth-order valence-electron chi connectivity index (χ4n) is 1.80. The van der Waals surface area contributed by atoms with Crippen LogP contribution in [0.15, 0.2) is 24.3 Å². The highest BCUT2D eigenvalue weighted by molar-refractivity contribution is 6.28. The first-order valence-corrected chi connectivity index (χ1v) is 6.21. The van der Waals surface area contributed by atoms with Gasteiger partial charge in [-0.3, -0.25) is 4.57 Å². The van der Waals surface area contributed by atoms with Gasteiger partial charge in [-0.05, 0) is 35.2 Å². The maximum absolute atomic E-state index is 6.08. The van der Waals surface area contributed by atoms with E-state index in [1.807, 2.05) is 23.6 Å². The lowest BCUT2D eigenvalue weighted by molar-refractivity contribution is 0.852. The first-order chi connectivity index (χ1) is 8.13. The van der Waals surface area contributed by atoms with Crippen LogP contribution >= 0.6 is 11.6 Å². The van der Waals surface area contributed by atoms with E-state index in [2.05, 4.69) is 36.2 Å². The second-order valence-electron chi connectivity index (χ2n) is 4.32. The summed E-state index contributed by atoms with van der Waals surface area (Å²) in [5.74, 6) is 1.38. The van der Waals surface area contributed by atoms with Crippen molar-refractivity contribution in [3.63, 3.8) is 0 Å². The minimum atomic E-state index is 0.419. The molecule has 90 valence electrons. The maximum atomic E-state index is 6.08. The van der Waals surface area contributed by atoms with Crippen molar-refractivity contribution in [2.75, 3.05) is 0 Å². The Hall–Kier alpha value is -1.35. The summed E-state index contributed by atoms with van der Waals surface area (Å²) >= 11 is 6.08. The third-order valence-corrected chi connectivity index (χ3v) is 3.05. The molecule has 0 fully saturated rings. The van der Waals surface area contributed by atoms with Crippen LogP contribution in [0.5, 0.6) is 0 Å². The number of hydrogen-bond donors (Lipinski definition) is 0. The van der Waals surface area contributed by atoms with Crippen LogP contribution in [0.25, 0.3) is 5.69 Å². The molecule has 0 atom stereocenters. The van der Waals surface area contributed by atoms with E-state index in [4.69, 9.17) is 11.6 Å². The molecule has 2 aromatic rings. The van der Waals surface area contributed by atoms with E-state index in [9.17, 15) is 0 Å². The van der Waals surface area contributed by atoms with E-state index in [-0.39, 0.29) is 0 Å². The van der Waals surface area contributed by atoms with Gasteiger partial charge in [-0.1, -0.05) is 32.9 Å². The molecule has 2 rings (SSSR count). The van der Waals surface area contributed by atoms with E-state index < -0.39 is 0 Å². The van der Waals surface area contributed by atoms with E-state index in [0.29, 0.717) is 11.2 Å². The number of halogens is 1. The Labute approximate surface area is 106 Å². The van der Waals surface area contributed by atoms with E-state index >= 15 is 0 Å². The van der Waals surface area contributed by atoms with Gasteiger partial charge < -0.3 is 0 Å². The molecule has 0 amide bonds. The van der Waals surface area contributed by atoms with Gasteiger partial charge in [0.05, 0.1) is 5.69 Å². The van der Waals surface area contributed by atoms with Crippen LogP contribution in [0.4, 0.5) is 0 Å². The van der Waals surface area contributed by atoms with Crippen LogP contribution in [0.2, 0.25) is 5.28 Å². The molecule has 0 aliphatic heterocycles.